The number of phenolic OH excluding ortho intramolecular Hbond substituents is 1. The Balaban J connectivity index is 1.28. The van der Waals surface area contributed by atoms with Crippen LogP contribution in [0.2, 0.25) is 5.02 Å². The van der Waals surface area contributed by atoms with Gasteiger partial charge in [-0.25, -0.2) is 4.39 Å². The molecule has 1 N–H and O–H groups in total. The molecule has 2 aromatic carbocycles. The Kier molecular flexibility index (Phi) is 7.02. The van der Waals surface area contributed by atoms with Gasteiger partial charge in [0.05, 0.1) is 29.1 Å². The van der Waals surface area contributed by atoms with Gasteiger partial charge in [-0.05, 0) is 69.3 Å². The zero-order valence-electron chi connectivity index (χ0n) is 23.9. The molecule has 0 spiro atoms. The minimum absolute atomic E-state index is 0.0979. The van der Waals surface area contributed by atoms with Crippen molar-refractivity contribution >= 4 is 33.9 Å². The molecule has 2 aromatic heterocycles. The van der Waals surface area contributed by atoms with E-state index in [4.69, 9.17) is 26.3 Å². The number of nitrogens with zero attached hydrogens (tertiary/aromatic N) is 6. The summed E-state index contributed by atoms with van der Waals surface area (Å²) < 4.78 is 21.2. The lowest BCUT2D eigenvalue weighted by molar-refractivity contribution is 0.187. The number of hydrogen-bond donors (Lipinski definition) is 1. The zero-order valence-corrected chi connectivity index (χ0v) is 24.6. The SMILES string of the molecule is CC1Cc2cncc(F)c2CN1c1nc(OC[C@@H]2CCCN2C)nc2c1CCN(c1cc(O)cc3cccc(Cl)c13)C2. The van der Waals surface area contributed by atoms with E-state index >= 15 is 0 Å². The van der Waals surface area contributed by atoms with Gasteiger partial charge in [0.2, 0.25) is 0 Å². The molecule has 1 unspecified atom stereocenters. The summed E-state index contributed by atoms with van der Waals surface area (Å²) in [5.74, 6) is 0.713. The van der Waals surface area contributed by atoms with Crippen molar-refractivity contribution in [2.75, 3.05) is 36.5 Å². The first-order valence-electron chi connectivity index (χ1n) is 14.6. The summed E-state index contributed by atoms with van der Waals surface area (Å²) in [6.07, 6.45) is 6.67. The highest BCUT2D eigenvalue weighted by molar-refractivity contribution is 6.36. The molecule has 0 bridgehead atoms. The third-order valence-electron chi connectivity index (χ3n) is 9.07. The smallest absolute Gasteiger partial charge is 0.318 e. The first kappa shape index (κ1) is 27.2. The lowest BCUT2D eigenvalue weighted by atomic mass is 9.95. The van der Waals surface area contributed by atoms with Crippen LogP contribution in [0.3, 0.4) is 0 Å². The van der Waals surface area contributed by atoms with E-state index in [-0.39, 0.29) is 17.6 Å². The second kappa shape index (κ2) is 10.9. The lowest BCUT2D eigenvalue weighted by Gasteiger charge is -2.39. The van der Waals surface area contributed by atoms with Crippen molar-refractivity contribution < 1.29 is 14.2 Å². The highest BCUT2D eigenvalue weighted by Crippen LogP contribution is 2.40. The summed E-state index contributed by atoms with van der Waals surface area (Å²) >= 11 is 6.67. The van der Waals surface area contributed by atoms with Crippen molar-refractivity contribution in [3.05, 3.63) is 75.9 Å². The van der Waals surface area contributed by atoms with Crippen LogP contribution >= 0.6 is 11.6 Å². The van der Waals surface area contributed by atoms with Crippen LogP contribution in [0.4, 0.5) is 15.9 Å². The quantitative estimate of drug-likeness (QED) is 0.327. The Morgan fingerprint density at radius 3 is 2.83 bits per heavy atom. The Bertz CT molecular complexity index is 1670. The van der Waals surface area contributed by atoms with Gasteiger partial charge in [0.1, 0.15) is 24.0 Å². The summed E-state index contributed by atoms with van der Waals surface area (Å²) in [7, 11) is 2.12. The predicted molar refractivity (Wildman–Crippen MR) is 162 cm³/mol. The molecular weight excluding hydrogens is 555 g/mol. The van der Waals surface area contributed by atoms with E-state index in [0.717, 1.165) is 58.5 Å². The second-order valence-corrected chi connectivity index (χ2v) is 12.2. The third kappa shape index (κ3) is 4.88. The standard InChI is InChI=1S/C32H34ClFN6O2/c1-19-11-21-14-35-15-27(34)25(21)16-40(19)31-24-8-10-39(29-13-23(41)12-20-5-3-7-26(33)30(20)29)17-28(24)36-32(37-31)42-18-22-6-4-9-38(22)2/h3,5,7,12-15,19,22,41H,4,6,8-11,16-18H2,1-2H3/t19?,22-/m0/s1. The molecule has 42 heavy (non-hydrogen) atoms. The number of pyridine rings is 1. The first-order chi connectivity index (χ1) is 20.4. The molecule has 8 nitrogen and oxygen atoms in total. The van der Waals surface area contributed by atoms with Crippen LogP contribution in [0.25, 0.3) is 10.8 Å². The number of halogens is 2. The van der Waals surface area contributed by atoms with E-state index < -0.39 is 0 Å². The number of hydrogen-bond acceptors (Lipinski definition) is 8. The van der Waals surface area contributed by atoms with Gasteiger partial charge in [0.25, 0.3) is 0 Å². The van der Waals surface area contributed by atoms with E-state index in [1.54, 1.807) is 18.3 Å². The number of anilines is 2. The van der Waals surface area contributed by atoms with Gasteiger partial charge in [-0.1, -0.05) is 23.7 Å². The molecule has 218 valence electrons. The molecule has 3 aliphatic heterocycles. The molecule has 0 amide bonds. The van der Waals surface area contributed by atoms with Gasteiger partial charge in [-0.15, -0.1) is 0 Å². The van der Waals surface area contributed by atoms with Crippen molar-refractivity contribution in [2.45, 2.75) is 57.8 Å². The minimum atomic E-state index is -0.285. The number of likely N-dealkylation sites (tertiary alicyclic amines) is 1. The van der Waals surface area contributed by atoms with E-state index in [0.29, 0.717) is 61.7 Å². The van der Waals surface area contributed by atoms with Crippen molar-refractivity contribution in [3.8, 4) is 11.8 Å². The number of aromatic nitrogens is 3. The highest BCUT2D eigenvalue weighted by Gasteiger charge is 2.33. The van der Waals surface area contributed by atoms with Gasteiger partial charge < -0.3 is 24.5 Å². The Morgan fingerprint density at radius 1 is 1.12 bits per heavy atom. The number of fused-ring (bicyclic) bond motifs is 3. The van der Waals surface area contributed by atoms with Gasteiger partial charge in [-0.3, -0.25) is 4.98 Å². The van der Waals surface area contributed by atoms with Crippen molar-refractivity contribution in [1.82, 2.24) is 19.9 Å². The highest BCUT2D eigenvalue weighted by atomic mass is 35.5. The van der Waals surface area contributed by atoms with E-state index in [2.05, 4.69) is 33.7 Å². The van der Waals surface area contributed by atoms with Gasteiger partial charge in [0.15, 0.2) is 0 Å². The predicted octanol–water partition coefficient (Wildman–Crippen LogP) is 5.51. The molecule has 2 atom stereocenters. The van der Waals surface area contributed by atoms with E-state index in [9.17, 15) is 9.50 Å². The monoisotopic (exact) mass is 588 g/mol. The largest absolute Gasteiger partial charge is 0.508 e. The van der Waals surface area contributed by atoms with Crippen molar-refractivity contribution in [2.24, 2.45) is 0 Å². The maximum atomic E-state index is 14.9. The van der Waals surface area contributed by atoms with E-state index in [1.807, 2.05) is 18.2 Å². The molecule has 7 rings (SSSR count). The van der Waals surface area contributed by atoms with Crippen LogP contribution in [0.15, 0.2) is 42.7 Å². The van der Waals surface area contributed by atoms with Crippen molar-refractivity contribution in [3.63, 3.8) is 0 Å². The molecule has 4 aromatic rings. The molecule has 10 heteroatoms. The van der Waals surface area contributed by atoms with Crippen molar-refractivity contribution in [1.29, 1.82) is 0 Å². The molecule has 0 aliphatic carbocycles. The Labute approximate surface area is 249 Å². The van der Waals surface area contributed by atoms with Crippen LogP contribution in [0.5, 0.6) is 11.8 Å². The summed E-state index contributed by atoms with van der Waals surface area (Å²) in [6.45, 7) is 5.33. The third-order valence-corrected chi connectivity index (χ3v) is 9.39. The molecular formula is C32H34ClFN6O2. The normalized spacial score (nSPS) is 20.6. The average molecular weight is 589 g/mol. The maximum Gasteiger partial charge on any atom is 0.318 e. The molecule has 0 saturated carbocycles. The summed E-state index contributed by atoms with van der Waals surface area (Å²) in [5.41, 5.74) is 4.41. The maximum absolute atomic E-state index is 14.9. The fourth-order valence-corrected chi connectivity index (χ4v) is 7.02. The first-order valence-corrected chi connectivity index (χ1v) is 15.0. The zero-order chi connectivity index (χ0) is 29.0. The van der Waals surface area contributed by atoms with Gasteiger partial charge in [0, 0.05) is 53.9 Å². The summed E-state index contributed by atoms with van der Waals surface area (Å²) in [5, 5.41) is 13.0. The fraction of sp³-hybridized carbons (Fsp3) is 0.406. The Hall–Kier alpha value is -3.69. The van der Waals surface area contributed by atoms with Gasteiger partial charge in [-0.2, -0.15) is 9.97 Å². The minimum Gasteiger partial charge on any atom is -0.508 e. The number of aromatic hydroxyl groups is 1. The van der Waals surface area contributed by atoms with Crippen LogP contribution < -0.4 is 14.5 Å². The number of ether oxygens (including phenoxy) is 1. The Morgan fingerprint density at radius 2 is 2.00 bits per heavy atom. The molecule has 1 saturated heterocycles. The second-order valence-electron chi connectivity index (χ2n) is 11.8. The summed E-state index contributed by atoms with van der Waals surface area (Å²) in [4.78, 5) is 20.7. The number of rotatable bonds is 5. The topological polar surface area (TPSA) is 77.9 Å². The number of benzene rings is 2. The number of phenols is 1. The van der Waals surface area contributed by atoms with Crippen LogP contribution in [-0.2, 0) is 25.9 Å². The molecule has 5 heterocycles. The van der Waals surface area contributed by atoms with Crippen LogP contribution in [-0.4, -0.2) is 63.8 Å². The molecule has 3 aliphatic rings. The van der Waals surface area contributed by atoms with Gasteiger partial charge >= 0.3 is 6.01 Å². The number of likely N-dealkylation sites (N-methyl/N-ethyl adjacent to an activating group) is 1. The van der Waals surface area contributed by atoms with Crippen LogP contribution in [0, 0.1) is 5.82 Å². The summed E-state index contributed by atoms with van der Waals surface area (Å²) in [6, 6.07) is 10.00. The van der Waals surface area contributed by atoms with Crippen LogP contribution in [0.1, 0.15) is 42.1 Å². The molecule has 1 fully saturated rings. The fourth-order valence-electron chi connectivity index (χ4n) is 6.74. The lowest BCUT2D eigenvalue weighted by Crippen LogP contribution is -2.41. The van der Waals surface area contributed by atoms with E-state index in [1.165, 1.54) is 6.20 Å². The average Bonchev–Trinajstić information content (AvgIpc) is 3.39. The molecule has 0 radical (unpaired) electrons.